The van der Waals surface area contributed by atoms with Crippen molar-refractivity contribution in [2.75, 3.05) is 18.0 Å². The molecule has 0 aromatic heterocycles. The minimum absolute atomic E-state index is 0.0544. The maximum absolute atomic E-state index is 9.44. The summed E-state index contributed by atoms with van der Waals surface area (Å²) < 4.78 is 0. The summed E-state index contributed by atoms with van der Waals surface area (Å²) in [5.74, 6) is 0. The molecule has 3 heteroatoms. The van der Waals surface area contributed by atoms with E-state index in [1.54, 1.807) is 0 Å². The van der Waals surface area contributed by atoms with Crippen molar-refractivity contribution in [3.05, 3.63) is 40.4 Å². The van der Waals surface area contributed by atoms with Crippen molar-refractivity contribution in [3.63, 3.8) is 0 Å². The molecule has 1 aliphatic rings. The van der Waals surface area contributed by atoms with Crippen LogP contribution < -0.4 is 4.90 Å². The molecule has 0 saturated heterocycles. The lowest BCUT2D eigenvalue weighted by Gasteiger charge is -2.34. The van der Waals surface area contributed by atoms with Gasteiger partial charge in [0.05, 0.1) is 6.61 Å². The van der Waals surface area contributed by atoms with Crippen LogP contribution in [0.1, 0.15) is 32.8 Å². The molecule has 1 aromatic rings. The van der Waals surface area contributed by atoms with Gasteiger partial charge in [0.2, 0.25) is 0 Å². The first kappa shape index (κ1) is 14.4. The van der Waals surface area contributed by atoms with E-state index in [-0.39, 0.29) is 12.0 Å². The van der Waals surface area contributed by atoms with E-state index in [2.05, 4.69) is 31.7 Å². The summed E-state index contributed by atoms with van der Waals surface area (Å²) in [4.78, 5) is 2.28. The quantitative estimate of drug-likeness (QED) is 0.827. The summed E-state index contributed by atoms with van der Waals surface area (Å²) in [6.07, 6.45) is 3.38. The van der Waals surface area contributed by atoms with Crippen molar-refractivity contribution >= 4 is 17.3 Å². The minimum Gasteiger partial charge on any atom is -0.392 e. The smallest absolute Gasteiger partial charge is 0.0702 e. The van der Waals surface area contributed by atoms with Gasteiger partial charge in [0, 0.05) is 29.4 Å². The normalized spacial score (nSPS) is 16.5. The molecule has 1 aliphatic heterocycles. The molecule has 19 heavy (non-hydrogen) atoms. The average Bonchev–Trinajstić information content (AvgIpc) is 2.38. The number of hydrogen-bond acceptors (Lipinski definition) is 2. The molecule has 2 nitrogen and oxygen atoms in total. The lowest BCUT2D eigenvalue weighted by molar-refractivity contribution is 0.282. The Hall–Kier alpha value is -0.990. The Morgan fingerprint density at radius 1 is 1.32 bits per heavy atom. The Morgan fingerprint density at radius 3 is 2.58 bits per heavy atom. The molecule has 0 saturated carbocycles. The summed E-state index contributed by atoms with van der Waals surface area (Å²) in [5.41, 5.74) is 3.76. The van der Waals surface area contributed by atoms with E-state index in [1.165, 1.54) is 5.57 Å². The zero-order valence-corrected chi connectivity index (χ0v) is 12.7. The fourth-order valence-corrected chi connectivity index (χ4v) is 2.70. The Kier molecular flexibility index (Phi) is 4.22. The van der Waals surface area contributed by atoms with Gasteiger partial charge in [0.25, 0.3) is 0 Å². The number of benzene rings is 1. The van der Waals surface area contributed by atoms with Gasteiger partial charge in [0.15, 0.2) is 0 Å². The molecule has 0 atom stereocenters. The standard InChI is InChI=1S/C16H22ClNO/c1-16(2,3)13-6-8-18(9-7-13)15-10-14(17)5-4-12(15)11-19/h4-6,10,19H,7-9,11H2,1-3H3. The molecule has 0 spiro atoms. The van der Waals surface area contributed by atoms with Crippen LogP contribution >= 0.6 is 11.6 Å². The first-order valence-corrected chi connectivity index (χ1v) is 7.13. The maximum Gasteiger partial charge on any atom is 0.0702 e. The predicted octanol–water partition coefficient (Wildman–Crippen LogP) is 4.01. The van der Waals surface area contributed by atoms with Crippen LogP contribution in [-0.2, 0) is 6.61 Å². The van der Waals surface area contributed by atoms with Gasteiger partial charge in [-0.15, -0.1) is 0 Å². The summed E-state index contributed by atoms with van der Waals surface area (Å²) in [7, 11) is 0. The van der Waals surface area contributed by atoms with Gasteiger partial charge in [-0.25, -0.2) is 0 Å². The van der Waals surface area contributed by atoms with Crippen LogP contribution in [0.15, 0.2) is 29.8 Å². The molecular formula is C16H22ClNO. The van der Waals surface area contributed by atoms with Crippen LogP contribution in [0.25, 0.3) is 0 Å². The zero-order valence-electron chi connectivity index (χ0n) is 11.9. The maximum atomic E-state index is 9.44. The van der Waals surface area contributed by atoms with Crippen LogP contribution in [0.3, 0.4) is 0 Å². The molecular weight excluding hydrogens is 258 g/mol. The second kappa shape index (κ2) is 5.56. The second-order valence-corrected chi connectivity index (χ2v) is 6.54. The fraction of sp³-hybridized carbons (Fsp3) is 0.500. The van der Waals surface area contributed by atoms with Gasteiger partial charge in [-0.1, -0.05) is 50.1 Å². The molecule has 0 unspecified atom stereocenters. The lowest BCUT2D eigenvalue weighted by atomic mass is 9.83. The van der Waals surface area contributed by atoms with E-state index in [0.29, 0.717) is 0 Å². The summed E-state index contributed by atoms with van der Waals surface area (Å²) in [6, 6.07) is 5.68. The van der Waals surface area contributed by atoms with Crippen molar-refractivity contribution < 1.29 is 5.11 Å². The number of aliphatic hydroxyl groups excluding tert-OH is 1. The molecule has 0 bridgehead atoms. The number of nitrogens with zero attached hydrogens (tertiary/aromatic N) is 1. The summed E-state index contributed by atoms with van der Waals surface area (Å²) in [5, 5.41) is 10.2. The molecule has 0 radical (unpaired) electrons. The Bertz CT molecular complexity index is 488. The zero-order chi connectivity index (χ0) is 14.0. The second-order valence-electron chi connectivity index (χ2n) is 6.11. The van der Waals surface area contributed by atoms with Gasteiger partial charge >= 0.3 is 0 Å². The number of halogens is 1. The van der Waals surface area contributed by atoms with E-state index < -0.39 is 0 Å². The Balaban J connectivity index is 2.22. The van der Waals surface area contributed by atoms with Crippen LogP contribution in [0.5, 0.6) is 0 Å². The topological polar surface area (TPSA) is 23.5 Å². The van der Waals surface area contributed by atoms with E-state index in [1.807, 2.05) is 18.2 Å². The number of hydrogen-bond donors (Lipinski definition) is 1. The molecule has 1 aromatic carbocycles. The van der Waals surface area contributed by atoms with Crippen molar-refractivity contribution in [2.24, 2.45) is 5.41 Å². The van der Waals surface area contributed by atoms with E-state index in [4.69, 9.17) is 11.6 Å². The largest absolute Gasteiger partial charge is 0.392 e. The minimum atomic E-state index is 0.0544. The van der Waals surface area contributed by atoms with Gasteiger partial charge in [-0.3, -0.25) is 0 Å². The third-order valence-electron chi connectivity index (χ3n) is 3.73. The molecule has 0 aliphatic carbocycles. The Labute approximate surface area is 120 Å². The molecule has 1 N–H and O–H groups in total. The van der Waals surface area contributed by atoms with Crippen LogP contribution in [0, 0.1) is 5.41 Å². The molecule has 0 fully saturated rings. The van der Waals surface area contributed by atoms with Crippen LogP contribution in [0.2, 0.25) is 5.02 Å². The third kappa shape index (κ3) is 3.31. The summed E-state index contributed by atoms with van der Waals surface area (Å²) >= 11 is 6.07. The average molecular weight is 280 g/mol. The number of aliphatic hydroxyl groups is 1. The Morgan fingerprint density at radius 2 is 2.05 bits per heavy atom. The molecule has 2 rings (SSSR count). The van der Waals surface area contributed by atoms with E-state index in [9.17, 15) is 5.11 Å². The van der Waals surface area contributed by atoms with Gasteiger partial charge < -0.3 is 10.0 Å². The highest BCUT2D eigenvalue weighted by Crippen LogP contribution is 2.33. The van der Waals surface area contributed by atoms with Gasteiger partial charge in [-0.2, -0.15) is 0 Å². The summed E-state index contributed by atoms with van der Waals surface area (Å²) in [6.45, 7) is 8.70. The SMILES string of the molecule is CC(C)(C)C1=CCN(c2cc(Cl)ccc2CO)CC1. The molecule has 104 valence electrons. The number of anilines is 1. The highest BCUT2D eigenvalue weighted by atomic mass is 35.5. The van der Waals surface area contributed by atoms with Crippen LogP contribution in [-0.4, -0.2) is 18.2 Å². The monoisotopic (exact) mass is 279 g/mol. The lowest BCUT2D eigenvalue weighted by Crippen LogP contribution is -2.31. The molecule has 0 amide bonds. The highest BCUT2D eigenvalue weighted by Gasteiger charge is 2.22. The van der Waals surface area contributed by atoms with Gasteiger partial charge in [0.1, 0.15) is 0 Å². The van der Waals surface area contributed by atoms with E-state index in [0.717, 1.165) is 35.8 Å². The van der Waals surface area contributed by atoms with Crippen LogP contribution in [0.4, 0.5) is 5.69 Å². The predicted molar refractivity (Wildman–Crippen MR) is 81.7 cm³/mol. The first-order valence-electron chi connectivity index (χ1n) is 6.75. The highest BCUT2D eigenvalue weighted by molar-refractivity contribution is 6.30. The fourth-order valence-electron chi connectivity index (χ4n) is 2.53. The van der Waals surface area contributed by atoms with Gasteiger partial charge in [-0.05, 0) is 24.0 Å². The third-order valence-corrected chi connectivity index (χ3v) is 3.97. The number of rotatable bonds is 2. The van der Waals surface area contributed by atoms with E-state index >= 15 is 0 Å². The van der Waals surface area contributed by atoms with Crippen molar-refractivity contribution in [3.8, 4) is 0 Å². The van der Waals surface area contributed by atoms with Crippen molar-refractivity contribution in [1.82, 2.24) is 0 Å². The van der Waals surface area contributed by atoms with Crippen molar-refractivity contribution in [1.29, 1.82) is 0 Å². The first-order chi connectivity index (χ1) is 8.91. The molecule has 1 heterocycles. The van der Waals surface area contributed by atoms with Crippen molar-refractivity contribution in [2.45, 2.75) is 33.8 Å².